The molecule has 0 fully saturated rings. The van der Waals surface area contributed by atoms with E-state index in [2.05, 4.69) is 27.7 Å². The van der Waals surface area contributed by atoms with Crippen LogP contribution in [0.15, 0.2) is 0 Å². The van der Waals surface area contributed by atoms with Crippen molar-refractivity contribution in [1.82, 2.24) is 0 Å². The number of hydrogen-bond donors (Lipinski definition) is 0. The van der Waals surface area contributed by atoms with E-state index < -0.39 is 0 Å². The molecular weight excluding hydrogens is 310 g/mol. The first-order chi connectivity index (χ1) is 2.73. The summed E-state index contributed by atoms with van der Waals surface area (Å²) in [6.07, 6.45) is 0. The van der Waals surface area contributed by atoms with Gasteiger partial charge in [-0.3, -0.25) is 0 Å². The fourth-order valence-electron chi connectivity index (χ4n) is 0. The minimum absolute atomic E-state index is 0. The average molecular weight is 324 g/mol. The second-order valence-corrected chi connectivity index (χ2v) is 1.50. The van der Waals surface area contributed by atoms with Crippen LogP contribution in [0.25, 0.3) is 0 Å². The minimum Gasteiger partial charge on any atom is -0.346 e. The summed E-state index contributed by atoms with van der Waals surface area (Å²) < 4.78 is 0. The van der Waals surface area contributed by atoms with Crippen LogP contribution in [0.1, 0.15) is 27.7 Å². The van der Waals surface area contributed by atoms with Crippen LogP contribution in [0.2, 0.25) is 0 Å². The summed E-state index contributed by atoms with van der Waals surface area (Å²) in [4.78, 5) is 0. The zero-order chi connectivity index (χ0) is 5.58. The van der Waals surface area contributed by atoms with Crippen LogP contribution in [0.5, 0.6) is 0 Å². The summed E-state index contributed by atoms with van der Waals surface area (Å²) in [5, 5.41) is 0. The summed E-state index contributed by atoms with van der Waals surface area (Å²) in [5.41, 5.74) is 0. The number of hydrogen-bond acceptors (Lipinski definition) is 0. The molecule has 0 heterocycles. The number of rotatable bonds is 0. The van der Waals surface area contributed by atoms with Gasteiger partial charge < -0.3 is 12.8 Å². The molecule has 0 spiro atoms. The molecule has 0 rings (SSSR count). The maximum atomic E-state index is 3.25. The summed E-state index contributed by atoms with van der Waals surface area (Å²) in [5.74, 6) is 1.42. The summed E-state index contributed by atoms with van der Waals surface area (Å²) >= 11 is 0. The maximum absolute atomic E-state index is 3.25. The van der Waals surface area contributed by atoms with Crippen molar-refractivity contribution in [2.24, 2.45) is 0 Å². The Morgan fingerprint density at radius 3 is 1.00 bits per heavy atom. The van der Waals surface area contributed by atoms with Gasteiger partial charge in [0.05, 0.1) is 0 Å². The molecule has 0 aromatic carbocycles. The van der Waals surface area contributed by atoms with Gasteiger partial charge in [0.2, 0.25) is 0 Å². The van der Waals surface area contributed by atoms with Crippen LogP contribution in [-0.4, -0.2) is 0 Å². The molecule has 0 aromatic heterocycles. The third-order valence-corrected chi connectivity index (χ3v) is 0. The molecule has 0 aliphatic carbocycles. The zero-order valence-corrected chi connectivity index (χ0v) is 9.87. The molecule has 0 bridgehead atoms. The second-order valence-electron chi connectivity index (χ2n) is 1.50. The fourth-order valence-corrected chi connectivity index (χ4v) is 0. The van der Waals surface area contributed by atoms with E-state index in [0.29, 0.717) is 0 Å². The Bertz CT molecular complexity index is 8.90. The Kier molecular flexibility index (Phi) is 35.3. The normalized spacial score (nSPS) is 6.00. The van der Waals surface area contributed by atoms with Gasteiger partial charge in [-0.2, -0.15) is 27.7 Å². The van der Waals surface area contributed by atoms with Crippen LogP contribution in [0.3, 0.4) is 0 Å². The standard InChI is InChI=1S/C4H9.C2H5.U/c1-4(2)3;1-2;/h1-3H3;1H2,2H3;/q2*-1;+2. The predicted octanol–water partition coefficient (Wildman–Crippen LogP) is 2.46. The van der Waals surface area contributed by atoms with Gasteiger partial charge in [-0.15, -0.1) is 0 Å². The molecule has 1 heteroatoms. The fraction of sp³-hybridized carbons (Fsp3) is 0.667. The Morgan fingerprint density at radius 1 is 1.00 bits per heavy atom. The molecule has 0 aliphatic heterocycles. The van der Waals surface area contributed by atoms with Gasteiger partial charge >= 0.3 is 31.1 Å². The Hall–Kier alpha value is 1.05. The summed E-state index contributed by atoms with van der Waals surface area (Å²) in [6, 6.07) is 0. The van der Waals surface area contributed by atoms with E-state index in [-0.39, 0.29) is 31.1 Å². The molecule has 42 valence electrons. The van der Waals surface area contributed by atoms with Crippen LogP contribution < -0.4 is 0 Å². The zero-order valence-electron chi connectivity index (χ0n) is 5.71. The van der Waals surface area contributed by atoms with Crippen molar-refractivity contribution in [3.63, 3.8) is 0 Å². The molecule has 0 atom stereocenters. The molecule has 0 aromatic rings. The molecule has 7 heavy (non-hydrogen) atoms. The molecule has 0 nitrogen and oxygen atoms in total. The van der Waals surface area contributed by atoms with Crippen molar-refractivity contribution in [2.75, 3.05) is 0 Å². The quantitative estimate of drug-likeness (QED) is 0.601. The van der Waals surface area contributed by atoms with E-state index in [1.165, 1.54) is 5.92 Å². The molecule has 0 saturated heterocycles. The van der Waals surface area contributed by atoms with E-state index in [1.807, 2.05) is 0 Å². The smallest absolute Gasteiger partial charge is 0.346 e. The van der Waals surface area contributed by atoms with Gasteiger partial charge in [0.15, 0.2) is 0 Å². The molecule has 0 saturated carbocycles. The van der Waals surface area contributed by atoms with Crippen LogP contribution in [0.4, 0.5) is 0 Å². The topological polar surface area (TPSA) is 0 Å². The van der Waals surface area contributed by atoms with E-state index >= 15 is 0 Å². The van der Waals surface area contributed by atoms with Crippen molar-refractivity contribution < 1.29 is 31.1 Å². The van der Waals surface area contributed by atoms with E-state index in [1.54, 1.807) is 6.92 Å². The van der Waals surface area contributed by atoms with Crippen LogP contribution >= 0.6 is 0 Å². The molecule has 0 unspecified atom stereocenters. The van der Waals surface area contributed by atoms with Crippen molar-refractivity contribution in [1.29, 1.82) is 0 Å². The minimum atomic E-state index is 0. The molecule has 0 N–H and O–H groups in total. The molecule has 0 amide bonds. The van der Waals surface area contributed by atoms with Gasteiger partial charge in [-0.1, -0.05) is 0 Å². The third-order valence-electron chi connectivity index (χ3n) is 0. The van der Waals surface area contributed by atoms with Crippen molar-refractivity contribution in [3.8, 4) is 0 Å². The van der Waals surface area contributed by atoms with Gasteiger partial charge in [0, 0.05) is 0 Å². The SMILES string of the molecule is C[C-](C)C.[CH2-]C.[U+2]. The largest absolute Gasteiger partial charge is 2.00 e. The van der Waals surface area contributed by atoms with Crippen LogP contribution in [-0.2, 0) is 0 Å². The van der Waals surface area contributed by atoms with Gasteiger partial charge in [0.25, 0.3) is 0 Å². The Morgan fingerprint density at radius 2 is 1.00 bits per heavy atom. The van der Waals surface area contributed by atoms with Crippen molar-refractivity contribution in [3.05, 3.63) is 12.8 Å². The Balaban J connectivity index is -0.0000000480. The summed E-state index contributed by atoms with van der Waals surface area (Å²) in [6.45, 7) is 11.2. The van der Waals surface area contributed by atoms with Crippen molar-refractivity contribution in [2.45, 2.75) is 27.7 Å². The molecule has 0 radical (unpaired) electrons. The van der Waals surface area contributed by atoms with Gasteiger partial charge in [-0.05, 0) is 0 Å². The third kappa shape index (κ3) is 163. The second kappa shape index (κ2) is 15.7. The molecule has 0 aliphatic rings. The van der Waals surface area contributed by atoms with Gasteiger partial charge in [0.1, 0.15) is 0 Å². The van der Waals surface area contributed by atoms with Crippen LogP contribution in [0, 0.1) is 44.0 Å². The van der Waals surface area contributed by atoms with Crippen molar-refractivity contribution >= 4 is 0 Å². The maximum Gasteiger partial charge on any atom is 2.00 e. The summed E-state index contributed by atoms with van der Waals surface area (Å²) in [7, 11) is 0. The first-order valence-electron chi connectivity index (χ1n) is 2.21. The van der Waals surface area contributed by atoms with E-state index in [9.17, 15) is 0 Å². The molecular formula is C6H14U. The van der Waals surface area contributed by atoms with E-state index in [4.69, 9.17) is 0 Å². The van der Waals surface area contributed by atoms with Gasteiger partial charge in [-0.25, -0.2) is 0 Å². The average Bonchev–Trinajstić information content (AvgIpc) is 1.41. The monoisotopic (exact) mass is 324 g/mol. The first kappa shape index (κ1) is 15.7. The van der Waals surface area contributed by atoms with E-state index in [0.717, 1.165) is 0 Å². The predicted molar refractivity (Wildman–Crippen MR) is 31.3 cm³/mol. The first-order valence-corrected chi connectivity index (χ1v) is 2.21. The Labute approximate surface area is 71.4 Å².